The number of nitrogens with one attached hydrogen (secondary N) is 1. The zero-order chi connectivity index (χ0) is 21.3. The number of carbonyl (C=O) groups excluding carboxylic acids is 1. The van der Waals surface area contributed by atoms with Crippen LogP contribution in [-0.4, -0.2) is 28.9 Å². The molecule has 154 valence electrons. The summed E-state index contributed by atoms with van der Waals surface area (Å²) in [5.41, 5.74) is 4.12. The Morgan fingerprint density at radius 1 is 0.967 bits per heavy atom. The number of hydrogen-bond donors (Lipinski definition) is 3. The van der Waals surface area contributed by atoms with Gasteiger partial charge in [0.2, 0.25) is 0 Å². The molecule has 3 rings (SSSR count). The molecule has 3 N–H and O–H groups in total. The molecular formula is C23H22N2O5. The highest BCUT2D eigenvalue weighted by atomic mass is 16.5. The molecular weight excluding hydrogens is 384 g/mol. The van der Waals surface area contributed by atoms with Crippen molar-refractivity contribution in [2.24, 2.45) is 5.10 Å². The number of nitrogens with zero attached hydrogens (tertiary/aromatic N) is 1. The van der Waals surface area contributed by atoms with Crippen LogP contribution < -0.4 is 14.9 Å². The molecule has 0 atom stereocenters. The Bertz CT molecular complexity index is 1010. The Kier molecular flexibility index (Phi) is 6.89. The lowest BCUT2D eigenvalue weighted by Crippen LogP contribution is -2.17. The molecule has 0 aliphatic carbocycles. The highest BCUT2D eigenvalue weighted by molar-refractivity contribution is 5.95. The molecule has 1 amide bonds. The van der Waals surface area contributed by atoms with Gasteiger partial charge in [0.1, 0.15) is 29.6 Å². The fourth-order valence-corrected chi connectivity index (χ4v) is 2.58. The van der Waals surface area contributed by atoms with Crippen LogP contribution in [0.1, 0.15) is 28.4 Å². The van der Waals surface area contributed by atoms with E-state index >= 15 is 0 Å². The molecule has 0 saturated carbocycles. The molecule has 0 fully saturated rings. The molecule has 30 heavy (non-hydrogen) atoms. The van der Waals surface area contributed by atoms with Crippen molar-refractivity contribution in [2.45, 2.75) is 13.5 Å². The third-order valence-corrected chi connectivity index (χ3v) is 4.14. The summed E-state index contributed by atoms with van der Waals surface area (Å²) in [5.74, 6) is 0.948. The molecule has 3 aromatic rings. The lowest BCUT2D eigenvalue weighted by atomic mass is 10.1. The van der Waals surface area contributed by atoms with Crippen molar-refractivity contribution in [3.05, 3.63) is 83.4 Å². The van der Waals surface area contributed by atoms with Crippen molar-refractivity contribution in [2.75, 3.05) is 6.61 Å². The predicted molar refractivity (Wildman–Crippen MR) is 113 cm³/mol. The Labute approximate surface area is 174 Å². The van der Waals surface area contributed by atoms with E-state index in [1.165, 1.54) is 24.4 Å². The van der Waals surface area contributed by atoms with Crippen LogP contribution in [0.2, 0.25) is 0 Å². The normalized spacial score (nSPS) is 10.7. The summed E-state index contributed by atoms with van der Waals surface area (Å²) in [7, 11) is 0. The average molecular weight is 406 g/mol. The second-order valence-electron chi connectivity index (χ2n) is 6.33. The number of ether oxygens (including phenoxy) is 2. The quantitative estimate of drug-likeness (QED) is 0.390. The molecule has 0 bridgehead atoms. The van der Waals surface area contributed by atoms with Crippen molar-refractivity contribution in [1.82, 2.24) is 5.43 Å². The first-order valence-electron chi connectivity index (χ1n) is 9.35. The Hall–Kier alpha value is -4.00. The van der Waals surface area contributed by atoms with Gasteiger partial charge in [0, 0.05) is 17.2 Å². The number of phenols is 2. The van der Waals surface area contributed by atoms with E-state index in [0.29, 0.717) is 24.3 Å². The number of amides is 1. The van der Waals surface area contributed by atoms with Crippen LogP contribution in [0.15, 0.2) is 71.8 Å². The predicted octanol–water partition coefficient (Wildman–Crippen LogP) is 3.84. The second-order valence-corrected chi connectivity index (χ2v) is 6.33. The molecule has 0 spiro atoms. The first kappa shape index (κ1) is 20.7. The summed E-state index contributed by atoms with van der Waals surface area (Å²) < 4.78 is 11.1. The average Bonchev–Trinajstić information content (AvgIpc) is 2.75. The minimum Gasteiger partial charge on any atom is -0.508 e. The van der Waals surface area contributed by atoms with Gasteiger partial charge in [-0.1, -0.05) is 12.1 Å². The highest BCUT2D eigenvalue weighted by Gasteiger charge is 2.05. The molecule has 0 heterocycles. The van der Waals surface area contributed by atoms with Crippen molar-refractivity contribution >= 4 is 12.1 Å². The molecule has 0 aliphatic heterocycles. The van der Waals surface area contributed by atoms with E-state index in [0.717, 1.165) is 17.1 Å². The SMILES string of the molecule is CCOc1ccc(OCc2ccc(C(=O)NN=Cc3ccc(O)cc3O)cc2)cc1. The van der Waals surface area contributed by atoms with Gasteiger partial charge >= 0.3 is 0 Å². The fraction of sp³-hybridized carbons (Fsp3) is 0.130. The van der Waals surface area contributed by atoms with Crippen LogP contribution in [0, 0.1) is 0 Å². The number of hydrogen-bond acceptors (Lipinski definition) is 6. The maximum Gasteiger partial charge on any atom is 0.271 e. The molecule has 3 aromatic carbocycles. The van der Waals surface area contributed by atoms with Crippen LogP contribution in [-0.2, 0) is 6.61 Å². The van der Waals surface area contributed by atoms with Crippen LogP contribution in [0.25, 0.3) is 0 Å². The molecule has 0 radical (unpaired) electrons. The summed E-state index contributed by atoms with van der Waals surface area (Å²) in [6.07, 6.45) is 1.30. The van der Waals surface area contributed by atoms with Gasteiger partial charge < -0.3 is 19.7 Å². The van der Waals surface area contributed by atoms with E-state index < -0.39 is 0 Å². The van der Waals surface area contributed by atoms with Gasteiger partial charge in [0.05, 0.1) is 12.8 Å². The van der Waals surface area contributed by atoms with Crippen molar-refractivity contribution in [1.29, 1.82) is 0 Å². The van der Waals surface area contributed by atoms with Gasteiger partial charge in [-0.2, -0.15) is 5.10 Å². The van der Waals surface area contributed by atoms with Gasteiger partial charge in [-0.15, -0.1) is 0 Å². The number of hydrazone groups is 1. The topological polar surface area (TPSA) is 100 Å². The van der Waals surface area contributed by atoms with Crippen molar-refractivity contribution < 1.29 is 24.5 Å². The highest BCUT2D eigenvalue weighted by Crippen LogP contribution is 2.21. The monoisotopic (exact) mass is 406 g/mol. The number of rotatable bonds is 8. The van der Waals surface area contributed by atoms with Crippen LogP contribution in [0.3, 0.4) is 0 Å². The molecule has 0 saturated heterocycles. The first-order valence-corrected chi connectivity index (χ1v) is 9.35. The van der Waals surface area contributed by atoms with Gasteiger partial charge in [-0.25, -0.2) is 5.43 Å². The van der Waals surface area contributed by atoms with E-state index in [1.807, 2.05) is 31.2 Å². The number of aromatic hydroxyl groups is 2. The Balaban J connectivity index is 1.51. The maximum absolute atomic E-state index is 12.2. The molecule has 7 nitrogen and oxygen atoms in total. The van der Waals surface area contributed by atoms with Crippen molar-refractivity contribution in [3.63, 3.8) is 0 Å². The van der Waals surface area contributed by atoms with E-state index in [2.05, 4.69) is 10.5 Å². The van der Waals surface area contributed by atoms with E-state index in [9.17, 15) is 15.0 Å². The molecule has 7 heteroatoms. The lowest BCUT2D eigenvalue weighted by Gasteiger charge is -2.08. The zero-order valence-corrected chi connectivity index (χ0v) is 16.4. The smallest absolute Gasteiger partial charge is 0.271 e. The lowest BCUT2D eigenvalue weighted by molar-refractivity contribution is 0.0955. The Morgan fingerprint density at radius 3 is 2.27 bits per heavy atom. The molecule has 0 aliphatic rings. The van der Waals surface area contributed by atoms with Crippen molar-refractivity contribution in [3.8, 4) is 23.0 Å². The summed E-state index contributed by atoms with van der Waals surface area (Å²) in [5, 5.41) is 22.8. The Morgan fingerprint density at radius 2 is 1.63 bits per heavy atom. The van der Waals surface area contributed by atoms with Crippen LogP contribution in [0.5, 0.6) is 23.0 Å². The van der Waals surface area contributed by atoms with Crippen LogP contribution in [0.4, 0.5) is 0 Å². The van der Waals surface area contributed by atoms with E-state index in [-0.39, 0.29) is 17.4 Å². The van der Waals surface area contributed by atoms with Gasteiger partial charge in [-0.3, -0.25) is 4.79 Å². The summed E-state index contributed by atoms with van der Waals surface area (Å²) in [4.78, 5) is 12.2. The maximum atomic E-state index is 12.2. The van der Waals surface area contributed by atoms with E-state index in [4.69, 9.17) is 9.47 Å². The van der Waals surface area contributed by atoms with E-state index in [1.54, 1.807) is 24.3 Å². The summed E-state index contributed by atoms with van der Waals surface area (Å²) >= 11 is 0. The largest absolute Gasteiger partial charge is 0.508 e. The van der Waals surface area contributed by atoms with Gasteiger partial charge in [0.15, 0.2) is 0 Å². The standard InChI is InChI=1S/C23H22N2O5/c1-2-29-20-9-11-21(12-10-20)30-15-16-3-5-17(6-4-16)23(28)25-24-14-18-7-8-19(26)13-22(18)27/h3-14,26-27H,2,15H2,1H3,(H,25,28). The second kappa shape index (κ2) is 9.97. The molecule has 0 aromatic heterocycles. The first-order chi connectivity index (χ1) is 14.5. The molecule has 0 unspecified atom stereocenters. The van der Waals surface area contributed by atoms with Gasteiger partial charge in [0.25, 0.3) is 5.91 Å². The number of phenolic OH excluding ortho intramolecular Hbond substituents is 2. The van der Waals surface area contributed by atoms with Gasteiger partial charge in [-0.05, 0) is 61.0 Å². The number of carbonyl (C=O) groups is 1. The van der Waals surface area contributed by atoms with Crippen LogP contribution >= 0.6 is 0 Å². The third-order valence-electron chi connectivity index (χ3n) is 4.14. The zero-order valence-electron chi connectivity index (χ0n) is 16.4. The number of benzene rings is 3. The summed E-state index contributed by atoms with van der Waals surface area (Å²) in [6, 6.07) is 18.5. The minimum absolute atomic E-state index is 0.0553. The minimum atomic E-state index is -0.386. The fourth-order valence-electron chi connectivity index (χ4n) is 2.58. The third kappa shape index (κ3) is 5.75. The summed E-state index contributed by atoms with van der Waals surface area (Å²) in [6.45, 7) is 2.92.